The quantitative estimate of drug-likeness (QED) is 0.773. The summed E-state index contributed by atoms with van der Waals surface area (Å²) in [6.07, 6.45) is 2.02. The first-order chi connectivity index (χ1) is 8.69. The van der Waals surface area contributed by atoms with Gasteiger partial charge in [0.15, 0.2) is 0 Å². The Labute approximate surface area is 111 Å². The lowest BCUT2D eigenvalue weighted by atomic mass is 10.0. The molecule has 0 saturated heterocycles. The number of nitrogens with one attached hydrogen (secondary N) is 1. The molecule has 0 aliphatic rings. The van der Waals surface area contributed by atoms with E-state index in [1.807, 2.05) is 6.92 Å². The second-order valence-electron chi connectivity index (χ2n) is 4.62. The molecule has 2 heteroatoms. The van der Waals surface area contributed by atoms with Gasteiger partial charge in [-0.25, -0.2) is 0 Å². The van der Waals surface area contributed by atoms with Gasteiger partial charge in [-0.2, -0.15) is 0 Å². The van der Waals surface area contributed by atoms with E-state index in [1.54, 1.807) is 0 Å². The number of hydrogen-bond donors (Lipinski definition) is 1. The summed E-state index contributed by atoms with van der Waals surface area (Å²) in [5.41, 5.74) is 2.55. The van der Waals surface area contributed by atoms with Gasteiger partial charge in [-0.15, -0.1) is 11.8 Å². The van der Waals surface area contributed by atoms with Crippen LogP contribution in [0.15, 0.2) is 24.3 Å². The second kappa shape index (κ2) is 7.79. The van der Waals surface area contributed by atoms with Gasteiger partial charge in [0.05, 0.1) is 0 Å². The SMILES string of the molecule is CC#CCC(NCCC)c1ccc(N(C)C)cc1. The molecule has 0 radical (unpaired) electrons. The molecule has 1 aromatic carbocycles. The van der Waals surface area contributed by atoms with Crippen molar-refractivity contribution in [2.75, 3.05) is 25.5 Å². The minimum Gasteiger partial charge on any atom is -0.378 e. The summed E-state index contributed by atoms with van der Waals surface area (Å²) in [6.45, 7) is 5.11. The molecule has 1 N–H and O–H groups in total. The van der Waals surface area contributed by atoms with Gasteiger partial charge in [0.2, 0.25) is 0 Å². The van der Waals surface area contributed by atoms with Crippen LogP contribution in [0.25, 0.3) is 0 Å². The number of benzene rings is 1. The van der Waals surface area contributed by atoms with Crippen LogP contribution in [0.2, 0.25) is 0 Å². The molecule has 18 heavy (non-hydrogen) atoms. The molecule has 0 fully saturated rings. The Morgan fingerprint density at radius 1 is 1.22 bits per heavy atom. The van der Waals surface area contributed by atoms with Gasteiger partial charge in [0.1, 0.15) is 0 Å². The molecular formula is C16H24N2. The van der Waals surface area contributed by atoms with Crippen LogP contribution in [-0.4, -0.2) is 20.6 Å². The van der Waals surface area contributed by atoms with Gasteiger partial charge < -0.3 is 10.2 Å². The summed E-state index contributed by atoms with van der Waals surface area (Å²) in [7, 11) is 4.12. The molecule has 1 atom stereocenters. The van der Waals surface area contributed by atoms with Crippen LogP contribution in [0, 0.1) is 11.8 Å². The van der Waals surface area contributed by atoms with E-state index in [0.29, 0.717) is 6.04 Å². The fourth-order valence-electron chi connectivity index (χ4n) is 1.84. The van der Waals surface area contributed by atoms with Crippen molar-refractivity contribution in [3.63, 3.8) is 0 Å². The van der Waals surface area contributed by atoms with Crippen molar-refractivity contribution in [1.29, 1.82) is 0 Å². The fraction of sp³-hybridized carbons (Fsp3) is 0.500. The van der Waals surface area contributed by atoms with E-state index in [1.165, 1.54) is 11.3 Å². The lowest BCUT2D eigenvalue weighted by Crippen LogP contribution is -2.21. The van der Waals surface area contributed by atoms with Crippen molar-refractivity contribution >= 4 is 5.69 Å². The third-order valence-corrected chi connectivity index (χ3v) is 2.94. The zero-order valence-electron chi connectivity index (χ0n) is 12.0. The smallest absolute Gasteiger partial charge is 0.0430 e. The van der Waals surface area contributed by atoms with Crippen LogP contribution in [0.5, 0.6) is 0 Å². The summed E-state index contributed by atoms with van der Waals surface area (Å²) >= 11 is 0. The third-order valence-electron chi connectivity index (χ3n) is 2.94. The average Bonchev–Trinajstić information content (AvgIpc) is 2.39. The van der Waals surface area contributed by atoms with Gasteiger partial charge in [-0.3, -0.25) is 0 Å². The number of hydrogen-bond acceptors (Lipinski definition) is 2. The zero-order valence-corrected chi connectivity index (χ0v) is 12.0. The van der Waals surface area contributed by atoms with Crippen LogP contribution in [0.3, 0.4) is 0 Å². The first-order valence-electron chi connectivity index (χ1n) is 6.59. The Hall–Kier alpha value is -1.46. The Morgan fingerprint density at radius 3 is 2.39 bits per heavy atom. The summed E-state index contributed by atoms with van der Waals surface area (Å²) in [5, 5.41) is 3.55. The molecule has 98 valence electrons. The fourth-order valence-corrected chi connectivity index (χ4v) is 1.84. The van der Waals surface area contributed by atoms with E-state index < -0.39 is 0 Å². The first kappa shape index (κ1) is 14.6. The van der Waals surface area contributed by atoms with Crippen molar-refractivity contribution in [1.82, 2.24) is 5.32 Å². The molecule has 0 spiro atoms. The largest absolute Gasteiger partial charge is 0.378 e. The molecule has 0 aliphatic heterocycles. The number of nitrogens with zero attached hydrogens (tertiary/aromatic N) is 1. The molecule has 0 saturated carbocycles. The minimum absolute atomic E-state index is 0.341. The summed E-state index contributed by atoms with van der Waals surface area (Å²) in [4.78, 5) is 2.12. The molecule has 2 nitrogen and oxygen atoms in total. The van der Waals surface area contributed by atoms with Crippen molar-refractivity contribution in [2.24, 2.45) is 0 Å². The third kappa shape index (κ3) is 4.43. The molecule has 0 aliphatic carbocycles. The van der Waals surface area contributed by atoms with E-state index in [9.17, 15) is 0 Å². The van der Waals surface area contributed by atoms with Crippen molar-refractivity contribution in [3.8, 4) is 11.8 Å². The lowest BCUT2D eigenvalue weighted by molar-refractivity contribution is 0.542. The number of anilines is 1. The normalized spacial score (nSPS) is 11.6. The van der Waals surface area contributed by atoms with Gasteiger partial charge in [0, 0.05) is 32.2 Å². The molecule has 0 amide bonds. The van der Waals surface area contributed by atoms with E-state index >= 15 is 0 Å². The average molecular weight is 244 g/mol. The van der Waals surface area contributed by atoms with Crippen molar-refractivity contribution < 1.29 is 0 Å². The Balaban J connectivity index is 2.78. The molecule has 0 bridgehead atoms. The Bertz CT molecular complexity index is 395. The molecule has 1 aromatic rings. The summed E-state index contributed by atoms with van der Waals surface area (Å²) < 4.78 is 0. The van der Waals surface area contributed by atoms with Crippen molar-refractivity contribution in [3.05, 3.63) is 29.8 Å². The Kier molecular flexibility index (Phi) is 6.32. The predicted octanol–water partition coefficient (Wildman–Crippen LogP) is 3.21. The predicted molar refractivity (Wildman–Crippen MR) is 79.9 cm³/mol. The van der Waals surface area contributed by atoms with E-state index in [4.69, 9.17) is 0 Å². The molecular weight excluding hydrogens is 220 g/mol. The molecule has 0 heterocycles. The molecule has 0 aromatic heterocycles. The van der Waals surface area contributed by atoms with E-state index in [-0.39, 0.29) is 0 Å². The monoisotopic (exact) mass is 244 g/mol. The summed E-state index contributed by atoms with van der Waals surface area (Å²) in [5.74, 6) is 6.15. The van der Waals surface area contributed by atoms with Crippen molar-refractivity contribution in [2.45, 2.75) is 32.7 Å². The van der Waals surface area contributed by atoms with Crippen LogP contribution in [0.4, 0.5) is 5.69 Å². The highest BCUT2D eigenvalue weighted by molar-refractivity contribution is 5.46. The number of rotatable bonds is 6. The van der Waals surface area contributed by atoms with Gasteiger partial charge in [-0.05, 0) is 37.6 Å². The topological polar surface area (TPSA) is 15.3 Å². The highest BCUT2D eigenvalue weighted by atomic mass is 15.1. The van der Waals surface area contributed by atoms with Crippen LogP contribution >= 0.6 is 0 Å². The van der Waals surface area contributed by atoms with Crippen LogP contribution < -0.4 is 10.2 Å². The van der Waals surface area contributed by atoms with E-state index in [0.717, 1.165) is 19.4 Å². The van der Waals surface area contributed by atoms with Gasteiger partial charge in [-0.1, -0.05) is 19.1 Å². The maximum Gasteiger partial charge on any atom is 0.0430 e. The van der Waals surface area contributed by atoms with E-state index in [2.05, 4.69) is 67.3 Å². The maximum absolute atomic E-state index is 3.55. The van der Waals surface area contributed by atoms with Crippen LogP contribution in [0.1, 0.15) is 38.3 Å². The van der Waals surface area contributed by atoms with Gasteiger partial charge >= 0.3 is 0 Å². The first-order valence-corrected chi connectivity index (χ1v) is 6.59. The maximum atomic E-state index is 3.55. The second-order valence-corrected chi connectivity index (χ2v) is 4.62. The lowest BCUT2D eigenvalue weighted by Gasteiger charge is -2.18. The van der Waals surface area contributed by atoms with Crippen LogP contribution in [-0.2, 0) is 0 Å². The molecule has 1 unspecified atom stereocenters. The highest BCUT2D eigenvalue weighted by Gasteiger charge is 2.09. The Morgan fingerprint density at radius 2 is 1.89 bits per heavy atom. The zero-order chi connectivity index (χ0) is 13.4. The van der Waals surface area contributed by atoms with Gasteiger partial charge in [0.25, 0.3) is 0 Å². The summed E-state index contributed by atoms with van der Waals surface area (Å²) in [6, 6.07) is 9.05. The minimum atomic E-state index is 0.341. The standard InChI is InChI=1S/C16H24N2/c1-5-7-8-16(17-13-6-2)14-9-11-15(12-10-14)18(3)4/h9-12,16-17H,6,8,13H2,1-4H3. The molecule has 1 rings (SSSR count). The highest BCUT2D eigenvalue weighted by Crippen LogP contribution is 2.20.